The topological polar surface area (TPSA) is 113 Å². The van der Waals surface area contributed by atoms with Crippen molar-refractivity contribution in [3.8, 4) is 5.82 Å². The molecule has 1 saturated heterocycles. The molecule has 1 atom stereocenters. The van der Waals surface area contributed by atoms with E-state index in [4.69, 9.17) is 9.97 Å². The quantitative estimate of drug-likeness (QED) is 0.359. The molecule has 1 fully saturated rings. The van der Waals surface area contributed by atoms with Crippen LogP contribution >= 0.6 is 0 Å². The van der Waals surface area contributed by atoms with E-state index in [9.17, 15) is 9.90 Å². The number of anilines is 3. The first-order valence-corrected chi connectivity index (χ1v) is 13.2. The summed E-state index contributed by atoms with van der Waals surface area (Å²) in [5.41, 5.74) is 1.78. The summed E-state index contributed by atoms with van der Waals surface area (Å²) in [4.78, 5) is 29.7. The van der Waals surface area contributed by atoms with Crippen LogP contribution in [0.2, 0.25) is 0 Å². The highest BCUT2D eigenvalue weighted by Gasteiger charge is 2.26. The van der Waals surface area contributed by atoms with E-state index in [0.29, 0.717) is 47.9 Å². The van der Waals surface area contributed by atoms with Gasteiger partial charge in [-0.15, -0.1) is 0 Å². The summed E-state index contributed by atoms with van der Waals surface area (Å²) < 4.78 is 3.33. The molecule has 0 amide bonds. The molecule has 2 aliphatic rings. The minimum absolute atomic E-state index is 0.189. The van der Waals surface area contributed by atoms with Crippen LogP contribution in [0.15, 0.2) is 65.6 Å². The molecule has 196 valence electrons. The fourth-order valence-electron chi connectivity index (χ4n) is 5.10. The van der Waals surface area contributed by atoms with E-state index >= 15 is 0 Å². The molecule has 6 rings (SSSR count). The van der Waals surface area contributed by atoms with Crippen LogP contribution < -0.4 is 21.1 Å². The minimum Gasteiger partial charge on any atom is -0.384 e. The Kier molecular flexibility index (Phi) is 6.42. The fourth-order valence-corrected chi connectivity index (χ4v) is 5.10. The maximum atomic E-state index is 13.3. The molecule has 5 heterocycles. The van der Waals surface area contributed by atoms with Crippen molar-refractivity contribution < 1.29 is 5.11 Å². The van der Waals surface area contributed by atoms with Gasteiger partial charge in [0.1, 0.15) is 11.0 Å². The zero-order valence-corrected chi connectivity index (χ0v) is 21.5. The number of nitrogens with one attached hydrogen (secondary N) is 2. The Hall–Kier alpha value is -4.02. The number of hydrogen-bond acceptors (Lipinski definition) is 8. The number of nitrogens with zero attached hydrogens (tertiary/aromatic N) is 6. The number of rotatable bonds is 3. The van der Waals surface area contributed by atoms with Gasteiger partial charge in [-0.3, -0.25) is 4.79 Å². The molecular weight excluding hydrogens is 480 g/mol. The van der Waals surface area contributed by atoms with Crippen LogP contribution in [0, 0.1) is 0 Å². The van der Waals surface area contributed by atoms with Crippen LogP contribution in [0.5, 0.6) is 0 Å². The van der Waals surface area contributed by atoms with E-state index < -0.39 is 5.60 Å². The second-order valence-electron chi connectivity index (χ2n) is 10.1. The van der Waals surface area contributed by atoms with E-state index in [1.165, 1.54) is 5.69 Å². The molecule has 0 spiro atoms. The molecule has 38 heavy (non-hydrogen) atoms. The van der Waals surface area contributed by atoms with Crippen molar-refractivity contribution in [2.75, 3.05) is 36.4 Å². The maximum Gasteiger partial charge on any atom is 0.278 e. The van der Waals surface area contributed by atoms with E-state index in [-0.39, 0.29) is 5.56 Å². The number of pyridine rings is 1. The third-order valence-corrected chi connectivity index (χ3v) is 7.25. The normalized spacial score (nSPS) is 20.8. The van der Waals surface area contributed by atoms with E-state index in [2.05, 4.69) is 32.7 Å². The van der Waals surface area contributed by atoms with Gasteiger partial charge in [0.2, 0.25) is 5.95 Å². The zero-order valence-electron chi connectivity index (χ0n) is 21.5. The van der Waals surface area contributed by atoms with Gasteiger partial charge in [0, 0.05) is 37.2 Å². The van der Waals surface area contributed by atoms with Gasteiger partial charge in [0.05, 0.1) is 12.2 Å². The molecule has 2 aliphatic heterocycles. The van der Waals surface area contributed by atoms with Crippen molar-refractivity contribution in [2.45, 2.75) is 38.3 Å². The molecule has 2 bridgehead atoms. The first kappa shape index (κ1) is 24.3. The van der Waals surface area contributed by atoms with Crippen molar-refractivity contribution in [1.82, 2.24) is 29.6 Å². The average Bonchev–Trinajstić information content (AvgIpc) is 3.08. The van der Waals surface area contributed by atoms with Crippen LogP contribution in [0.1, 0.15) is 31.9 Å². The number of aromatic nitrogens is 5. The highest BCUT2D eigenvalue weighted by molar-refractivity contribution is 5.77. The van der Waals surface area contributed by atoms with Crippen LogP contribution in [0.3, 0.4) is 0 Å². The lowest BCUT2D eigenvalue weighted by Gasteiger charge is -2.22. The van der Waals surface area contributed by atoms with Gasteiger partial charge >= 0.3 is 0 Å². The van der Waals surface area contributed by atoms with Crippen LogP contribution in [-0.2, 0) is 12.1 Å². The molecule has 0 radical (unpaired) electrons. The monoisotopic (exact) mass is 512 g/mol. The second kappa shape index (κ2) is 10.0. The zero-order chi connectivity index (χ0) is 26.1. The first-order valence-electron chi connectivity index (χ1n) is 13.2. The van der Waals surface area contributed by atoms with Gasteiger partial charge in [-0.25, -0.2) is 19.3 Å². The largest absolute Gasteiger partial charge is 0.384 e. The van der Waals surface area contributed by atoms with Crippen molar-refractivity contribution in [1.29, 1.82) is 0 Å². The molecule has 1 aromatic carbocycles. The van der Waals surface area contributed by atoms with Gasteiger partial charge in [-0.2, -0.15) is 4.98 Å². The van der Waals surface area contributed by atoms with Crippen LogP contribution in [0.25, 0.3) is 16.9 Å². The standard InChI is InChI=1S/C28H32N8O2/c1-28(38)13-3-2-4-17-35-26(37)22-19-30-27(33-25(22)36(35)24-8-5-7-23(28)32-24)31-20-9-11-21(12-10-20)34-16-6-14-29-15-18-34/h2,4-5,7-12,19,29,38H,3,6,13-18H2,1H3,(H,30,31,33)/b4-2-/t28-/m0/s1. The Balaban J connectivity index is 1.37. The Morgan fingerprint density at radius 2 is 1.92 bits per heavy atom. The van der Waals surface area contributed by atoms with Gasteiger partial charge in [-0.1, -0.05) is 18.2 Å². The molecule has 0 saturated carbocycles. The Morgan fingerprint density at radius 3 is 2.79 bits per heavy atom. The number of hydrogen-bond donors (Lipinski definition) is 3. The van der Waals surface area contributed by atoms with Crippen LogP contribution in [-0.4, -0.2) is 55.6 Å². The number of allylic oxidation sites excluding steroid dienone is 2. The summed E-state index contributed by atoms with van der Waals surface area (Å²) in [5, 5.41) is 18.2. The van der Waals surface area contributed by atoms with Gasteiger partial charge in [-0.05, 0) is 69.1 Å². The second-order valence-corrected chi connectivity index (χ2v) is 10.1. The lowest BCUT2D eigenvalue weighted by molar-refractivity contribution is 0.0443. The van der Waals surface area contributed by atoms with Gasteiger partial charge in [0.15, 0.2) is 11.5 Å². The van der Waals surface area contributed by atoms with E-state index in [0.717, 1.165) is 38.3 Å². The SMILES string of the molecule is C[C@]1(O)CC/C=C\Cn2c(=O)c3cnc(Nc4ccc(N5CCCNCC5)cc4)nc3n2-c2cccc1n2. The summed E-state index contributed by atoms with van der Waals surface area (Å²) in [6.45, 7) is 6.19. The first-order chi connectivity index (χ1) is 18.5. The number of aliphatic hydroxyl groups is 1. The molecular formula is C28H32N8O2. The lowest BCUT2D eigenvalue weighted by atomic mass is 9.95. The summed E-state index contributed by atoms with van der Waals surface area (Å²) in [5.74, 6) is 0.907. The van der Waals surface area contributed by atoms with Gasteiger partial charge < -0.3 is 20.6 Å². The Bertz CT molecular complexity index is 1530. The molecule has 10 nitrogen and oxygen atoms in total. The highest BCUT2D eigenvalue weighted by Crippen LogP contribution is 2.27. The van der Waals surface area contributed by atoms with Crippen molar-refractivity contribution >= 4 is 28.4 Å². The molecule has 4 aromatic rings. The molecule has 3 aromatic heterocycles. The lowest BCUT2D eigenvalue weighted by Crippen LogP contribution is -2.27. The van der Waals surface area contributed by atoms with Gasteiger partial charge in [0.25, 0.3) is 5.56 Å². The summed E-state index contributed by atoms with van der Waals surface area (Å²) in [6.07, 6.45) is 7.83. The minimum atomic E-state index is -1.09. The molecule has 3 N–H and O–H groups in total. The van der Waals surface area contributed by atoms with E-state index in [1.54, 1.807) is 22.5 Å². The smallest absolute Gasteiger partial charge is 0.278 e. The van der Waals surface area contributed by atoms with Crippen LogP contribution in [0.4, 0.5) is 17.3 Å². The summed E-state index contributed by atoms with van der Waals surface area (Å²) in [7, 11) is 0. The predicted octanol–water partition coefficient (Wildman–Crippen LogP) is 3.08. The Morgan fingerprint density at radius 1 is 1.05 bits per heavy atom. The Labute approximate surface area is 220 Å². The molecule has 0 aliphatic carbocycles. The summed E-state index contributed by atoms with van der Waals surface area (Å²) >= 11 is 0. The number of benzene rings is 1. The predicted molar refractivity (Wildman–Crippen MR) is 148 cm³/mol. The molecule has 0 unspecified atom stereocenters. The molecule has 10 heteroatoms. The van der Waals surface area contributed by atoms with Crippen molar-refractivity contribution in [3.63, 3.8) is 0 Å². The maximum absolute atomic E-state index is 13.3. The van der Waals surface area contributed by atoms with Crippen molar-refractivity contribution in [3.05, 3.63) is 76.9 Å². The average molecular weight is 513 g/mol. The number of fused-ring (bicyclic) bond motifs is 6. The summed E-state index contributed by atoms with van der Waals surface area (Å²) in [6, 6.07) is 13.7. The third kappa shape index (κ3) is 4.68. The fraction of sp³-hybridized carbons (Fsp3) is 0.357. The highest BCUT2D eigenvalue weighted by atomic mass is 16.3. The third-order valence-electron chi connectivity index (χ3n) is 7.25. The van der Waals surface area contributed by atoms with Crippen molar-refractivity contribution in [2.24, 2.45) is 0 Å². The van der Waals surface area contributed by atoms with E-state index in [1.807, 2.05) is 42.5 Å².